The van der Waals surface area contributed by atoms with Gasteiger partial charge in [0.15, 0.2) is 0 Å². The summed E-state index contributed by atoms with van der Waals surface area (Å²) in [4.78, 5) is 11.8. The van der Waals surface area contributed by atoms with E-state index in [1.54, 1.807) is 12.1 Å². The van der Waals surface area contributed by atoms with Gasteiger partial charge in [0.1, 0.15) is 0 Å². The Morgan fingerprint density at radius 1 is 1.18 bits per heavy atom. The van der Waals surface area contributed by atoms with Gasteiger partial charge in [0.25, 0.3) is 0 Å². The summed E-state index contributed by atoms with van der Waals surface area (Å²) in [6.45, 7) is 0. The van der Waals surface area contributed by atoms with Crippen molar-refractivity contribution < 1.29 is 4.79 Å². The van der Waals surface area contributed by atoms with Crippen LogP contribution in [0.4, 0.5) is 11.4 Å². The molecule has 0 unspecified atom stereocenters. The van der Waals surface area contributed by atoms with E-state index >= 15 is 0 Å². The Morgan fingerprint density at radius 3 is 2.47 bits per heavy atom. The second kappa shape index (κ2) is 5.71. The molecule has 3 nitrogen and oxygen atoms in total. The Morgan fingerprint density at radius 2 is 1.82 bits per heavy atom. The van der Waals surface area contributed by atoms with E-state index in [-0.39, 0.29) is 5.91 Å². The zero-order valence-corrected chi connectivity index (χ0v) is 10.1. The van der Waals surface area contributed by atoms with Gasteiger partial charge in [-0.2, -0.15) is 0 Å². The molecule has 1 saturated carbocycles. The molecule has 0 atom stereocenters. The maximum Gasteiger partial charge on any atom is 0.224 e. The fourth-order valence-corrected chi connectivity index (χ4v) is 2.43. The fourth-order valence-electron chi connectivity index (χ4n) is 2.43. The van der Waals surface area contributed by atoms with Crippen LogP contribution in [0.1, 0.15) is 38.5 Å². The molecule has 1 amide bonds. The molecule has 3 heteroatoms. The molecule has 0 bridgehead atoms. The zero-order valence-electron chi connectivity index (χ0n) is 10.1. The fraction of sp³-hybridized carbons (Fsp3) is 0.500. The van der Waals surface area contributed by atoms with Gasteiger partial charge in [-0.25, -0.2) is 0 Å². The molecule has 3 N–H and O–H groups in total. The molecule has 0 saturated heterocycles. The highest BCUT2D eigenvalue weighted by Gasteiger charge is 2.16. The van der Waals surface area contributed by atoms with Gasteiger partial charge in [-0.15, -0.1) is 0 Å². The van der Waals surface area contributed by atoms with Crippen LogP contribution in [0.25, 0.3) is 0 Å². The lowest BCUT2D eigenvalue weighted by molar-refractivity contribution is -0.117. The third-order valence-corrected chi connectivity index (χ3v) is 3.39. The summed E-state index contributed by atoms with van der Waals surface area (Å²) in [7, 11) is 0. The largest absolute Gasteiger partial charge is 0.399 e. The van der Waals surface area contributed by atoms with Crippen molar-refractivity contribution in [1.29, 1.82) is 0 Å². The smallest absolute Gasteiger partial charge is 0.224 e. The third-order valence-electron chi connectivity index (χ3n) is 3.39. The zero-order chi connectivity index (χ0) is 12.1. The summed E-state index contributed by atoms with van der Waals surface area (Å²) in [5.74, 6) is 0.708. The van der Waals surface area contributed by atoms with Crippen LogP contribution in [0.2, 0.25) is 0 Å². The topological polar surface area (TPSA) is 55.1 Å². The van der Waals surface area contributed by atoms with E-state index in [4.69, 9.17) is 5.73 Å². The molecule has 0 spiro atoms. The summed E-state index contributed by atoms with van der Waals surface area (Å²) in [6, 6.07) is 7.29. The normalized spacial score (nSPS) is 16.7. The van der Waals surface area contributed by atoms with Crippen LogP contribution in [0, 0.1) is 5.92 Å². The number of carbonyl (C=O) groups excluding carboxylic acids is 1. The minimum atomic E-state index is 0.127. The van der Waals surface area contributed by atoms with E-state index in [0.29, 0.717) is 12.3 Å². The average molecular weight is 232 g/mol. The van der Waals surface area contributed by atoms with E-state index in [1.807, 2.05) is 12.1 Å². The third kappa shape index (κ3) is 3.77. The molecule has 17 heavy (non-hydrogen) atoms. The number of rotatable bonds is 3. The number of hydrogen-bond donors (Lipinski definition) is 2. The second-order valence-electron chi connectivity index (χ2n) is 4.88. The van der Waals surface area contributed by atoms with Crippen molar-refractivity contribution in [2.24, 2.45) is 5.92 Å². The first-order valence-electron chi connectivity index (χ1n) is 6.39. The van der Waals surface area contributed by atoms with Gasteiger partial charge in [-0.1, -0.05) is 19.3 Å². The van der Waals surface area contributed by atoms with Crippen molar-refractivity contribution in [2.75, 3.05) is 11.1 Å². The Hall–Kier alpha value is -1.51. The first-order chi connectivity index (χ1) is 8.24. The molecule has 0 radical (unpaired) electrons. The molecule has 0 heterocycles. The number of anilines is 2. The van der Waals surface area contributed by atoms with E-state index in [0.717, 1.165) is 11.4 Å². The van der Waals surface area contributed by atoms with Gasteiger partial charge in [-0.3, -0.25) is 4.79 Å². The van der Waals surface area contributed by atoms with E-state index < -0.39 is 0 Å². The molecule has 1 fully saturated rings. The quantitative estimate of drug-likeness (QED) is 0.786. The highest BCUT2D eigenvalue weighted by Crippen LogP contribution is 2.26. The maximum absolute atomic E-state index is 11.8. The second-order valence-corrected chi connectivity index (χ2v) is 4.88. The van der Waals surface area contributed by atoms with Crippen LogP contribution in [0.15, 0.2) is 24.3 Å². The standard InChI is InChI=1S/C14H20N2O/c15-12-6-8-13(9-7-12)16-14(17)10-11-4-2-1-3-5-11/h6-9,11H,1-5,10,15H2,(H,16,17). The molecule has 1 aliphatic rings. The predicted octanol–water partition coefficient (Wildman–Crippen LogP) is 3.18. The molecule has 1 aromatic rings. The van der Waals surface area contributed by atoms with Crippen molar-refractivity contribution >= 4 is 17.3 Å². The number of nitrogen functional groups attached to an aromatic ring is 1. The van der Waals surface area contributed by atoms with E-state index in [9.17, 15) is 4.79 Å². The van der Waals surface area contributed by atoms with Gasteiger partial charge in [-0.05, 0) is 43.0 Å². The Labute approximate surface area is 102 Å². The molecule has 1 aromatic carbocycles. The summed E-state index contributed by atoms with van der Waals surface area (Å²) >= 11 is 0. The monoisotopic (exact) mass is 232 g/mol. The van der Waals surface area contributed by atoms with Crippen LogP contribution >= 0.6 is 0 Å². The summed E-state index contributed by atoms with van der Waals surface area (Å²) < 4.78 is 0. The lowest BCUT2D eigenvalue weighted by Gasteiger charge is -2.20. The molecule has 2 rings (SSSR count). The lowest BCUT2D eigenvalue weighted by Crippen LogP contribution is -2.18. The van der Waals surface area contributed by atoms with Gasteiger partial charge < -0.3 is 11.1 Å². The minimum absolute atomic E-state index is 0.127. The van der Waals surface area contributed by atoms with Gasteiger partial charge >= 0.3 is 0 Å². The molecule has 1 aliphatic carbocycles. The van der Waals surface area contributed by atoms with Crippen molar-refractivity contribution in [3.05, 3.63) is 24.3 Å². The predicted molar refractivity (Wildman–Crippen MR) is 70.7 cm³/mol. The van der Waals surface area contributed by atoms with Crippen molar-refractivity contribution in [2.45, 2.75) is 38.5 Å². The number of amides is 1. The Balaban J connectivity index is 1.82. The number of carbonyl (C=O) groups is 1. The Kier molecular flexibility index (Phi) is 4.02. The highest BCUT2D eigenvalue weighted by atomic mass is 16.1. The average Bonchev–Trinajstić information content (AvgIpc) is 2.33. The van der Waals surface area contributed by atoms with Crippen molar-refractivity contribution in [3.8, 4) is 0 Å². The van der Waals surface area contributed by atoms with Crippen LogP contribution in [0.5, 0.6) is 0 Å². The van der Waals surface area contributed by atoms with Crippen LogP contribution < -0.4 is 11.1 Å². The van der Waals surface area contributed by atoms with Crippen LogP contribution in [0.3, 0.4) is 0 Å². The minimum Gasteiger partial charge on any atom is -0.399 e. The summed E-state index contributed by atoms with van der Waals surface area (Å²) in [5.41, 5.74) is 7.15. The van der Waals surface area contributed by atoms with E-state index in [1.165, 1.54) is 32.1 Å². The highest BCUT2D eigenvalue weighted by molar-refractivity contribution is 5.90. The number of nitrogens with one attached hydrogen (secondary N) is 1. The van der Waals surface area contributed by atoms with Crippen molar-refractivity contribution in [3.63, 3.8) is 0 Å². The molecular formula is C14H20N2O. The summed E-state index contributed by atoms with van der Waals surface area (Å²) in [6.07, 6.45) is 6.95. The maximum atomic E-state index is 11.8. The molecular weight excluding hydrogens is 212 g/mol. The first kappa shape index (κ1) is 12.0. The molecule has 92 valence electrons. The van der Waals surface area contributed by atoms with E-state index in [2.05, 4.69) is 5.32 Å². The van der Waals surface area contributed by atoms with Gasteiger partial charge in [0.05, 0.1) is 0 Å². The lowest BCUT2D eigenvalue weighted by atomic mass is 9.87. The van der Waals surface area contributed by atoms with Crippen molar-refractivity contribution in [1.82, 2.24) is 0 Å². The molecule has 0 aliphatic heterocycles. The molecule has 0 aromatic heterocycles. The SMILES string of the molecule is Nc1ccc(NC(=O)CC2CCCCC2)cc1. The number of benzene rings is 1. The van der Waals surface area contributed by atoms with Crippen LogP contribution in [-0.2, 0) is 4.79 Å². The van der Waals surface area contributed by atoms with Gasteiger partial charge in [0.2, 0.25) is 5.91 Å². The number of hydrogen-bond acceptors (Lipinski definition) is 2. The summed E-state index contributed by atoms with van der Waals surface area (Å²) in [5, 5.41) is 2.92. The first-order valence-corrected chi connectivity index (χ1v) is 6.39. The van der Waals surface area contributed by atoms with Gasteiger partial charge in [0, 0.05) is 17.8 Å². The Bertz CT molecular complexity index is 366. The van der Waals surface area contributed by atoms with Crippen LogP contribution in [-0.4, -0.2) is 5.91 Å². The number of nitrogens with two attached hydrogens (primary N) is 1.